The van der Waals surface area contributed by atoms with Crippen molar-refractivity contribution in [3.63, 3.8) is 0 Å². The van der Waals surface area contributed by atoms with E-state index in [1.54, 1.807) is 0 Å². The van der Waals surface area contributed by atoms with Gasteiger partial charge in [0.15, 0.2) is 12.6 Å². The second-order valence-corrected chi connectivity index (χ2v) is 21.0. The quantitative estimate of drug-likeness (QED) is 0.143. The van der Waals surface area contributed by atoms with Crippen LogP contribution in [0.2, 0.25) is 0 Å². The van der Waals surface area contributed by atoms with Crippen molar-refractivity contribution >= 4 is 0 Å². The van der Waals surface area contributed by atoms with Gasteiger partial charge in [0.2, 0.25) is 0 Å². The number of hydrogen-bond donors (Lipinski definition) is 8. The van der Waals surface area contributed by atoms with E-state index >= 15 is 0 Å². The van der Waals surface area contributed by atoms with Gasteiger partial charge in [0.05, 0.1) is 43.7 Å². The van der Waals surface area contributed by atoms with Crippen LogP contribution in [0.3, 0.4) is 0 Å². The first-order valence-corrected chi connectivity index (χ1v) is 20.9. The minimum Gasteiger partial charge on any atom is -0.396 e. The first-order chi connectivity index (χ1) is 25.7. The fraction of sp³-hybridized carbons (Fsp3) is 0.952. The molecule has 1 spiro atoms. The summed E-state index contributed by atoms with van der Waals surface area (Å²) >= 11 is 0. The third kappa shape index (κ3) is 5.44. The van der Waals surface area contributed by atoms with E-state index in [-0.39, 0.29) is 51.4 Å². The third-order valence-electron chi connectivity index (χ3n) is 17.9. The highest BCUT2D eigenvalue weighted by molar-refractivity contribution is 5.36. The van der Waals surface area contributed by atoms with Crippen LogP contribution in [0, 0.1) is 50.2 Å². The Morgan fingerprint density at radius 2 is 1.44 bits per heavy atom. The van der Waals surface area contributed by atoms with Crippen LogP contribution in [-0.2, 0) is 23.7 Å². The van der Waals surface area contributed by atoms with Gasteiger partial charge < -0.3 is 64.5 Å². The summed E-state index contributed by atoms with van der Waals surface area (Å²) in [5, 5.41) is 87.5. The van der Waals surface area contributed by atoms with Crippen molar-refractivity contribution in [2.75, 3.05) is 19.8 Å². The number of allylic oxidation sites excluding steroid dienone is 1. The van der Waals surface area contributed by atoms with Gasteiger partial charge in [0, 0.05) is 22.2 Å². The Morgan fingerprint density at radius 1 is 0.727 bits per heavy atom. The van der Waals surface area contributed by atoms with Gasteiger partial charge in [-0.25, -0.2) is 0 Å². The van der Waals surface area contributed by atoms with Crippen molar-refractivity contribution < 1.29 is 64.5 Å². The van der Waals surface area contributed by atoms with E-state index in [0.29, 0.717) is 19.4 Å². The molecule has 5 aliphatic carbocycles. The van der Waals surface area contributed by atoms with Crippen LogP contribution in [0.4, 0.5) is 0 Å². The zero-order valence-electron chi connectivity index (χ0n) is 33.7. The monoisotopic (exact) mass is 780 g/mol. The normalized spacial score (nSPS) is 59.7. The predicted molar refractivity (Wildman–Crippen MR) is 197 cm³/mol. The molecule has 3 saturated heterocycles. The van der Waals surface area contributed by atoms with Gasteiger partial charge >= 0.3 is 0 Å². The minimum absolute atomic E-state index is 0.0158. The number of hydrogen-bond acceptors (Lipinski definition) is 13. The molecule has 0 amide bonds. The smallest absolute Gasteiger partial charge is 0.187 e. The van der Waals surface area contributed by atoms with Crippen LogP contribution in [-0.4, -0.2) is 140 Å². The Kier molecular flexibility index (Phi) is 9.95. The fourth-order valence-corrected chi connectivity index (χ4v) is 14.3. The maximum absolute atomic E-state index is 12.1. The second-order valence-electron chi connectivity index (χ2n) is 21.0. The zero-order valence-corrected chi connectivity index (χ0v) is 33.7. The van der Waals surface area contributed by atoms with Crippen LogP contribution in [0.25, 0.3) is 0 Å². The molecule has 4 saturated carbocycles. The highest BCUT2D eigenvalue weighted by atomic mass is 16.7. The summed E-state index contributed by atoms with van der Waals surface area (Å²) in [6.45, 7) is 15.2. The summed E-state index contributed by atoms with van der Waals surface area (Å²) in [6, 6.07) is 0. The summed E-state index contributed by atoms with van der Waals surface area (Å²) in [7, 11) is 0. The zero-order chi connectivity index (χ0) is 39.9. The molecular weight excluding hydrogens is 712 g/mol. The second kappa shape index (κ2) is 13.4. The molecular formula is C42H68O13. The maximum Gasteiger partial charge on any atom is 0.187 e. The first-order valence-electron chi connectivity index (χ1n) is 20.9. The summed E-state index contributed by atoms with van der Waals surface area (Å²) in [6.07, 6.45) is -3.55. The molecule has 0 aromatic heterocycles. The molecule has 13 nitrogen and oxygen atoms in total. The molecule has 55 heavy (non-hydrogen) atoms. The Morgan fingerprint density at radius 3 is 2.13 bits per heavy atom. The lowest BCUT2D eigenvalue weighted by Crippen LogP contribution is -2.72. The van der Waals surface area contributed by atoms with Gasteiger partial charge in [-0.2, -0.15) is 0 Å². The van der Waals surface area contributed by atoms with Crippen molar-refractivity contribution in [3.05, 3.63) is 12.2 Å². The average molecular weight is 781 g/mol. The topological polar surface area (TPSA) is 208 Å². The molecule has 0 radical (unpaired) electrons. The van der Waals surface area contributed by atoms with Crippen LogP contribution in [0.15, 0.2) is 12.2 Å². The number of fused-ring (bicyclic) bond motifs is 4. The van der Waals surface area contributed by atoms with E-state index in [9.17, 15) is 40.9 Å². The molecule has 8 aliphatic rings. The van der Waals surface area contributed by atoms with Crippen molar-refractivity contribution in [2.24, 2.45) is 50.2 Å². The molecule has 0 aromatic rings. The Labute approximate surface area is 325 Å². The molecule has 13 heteroatoms. The van der Waals surface area contributed by atoms with Crippen LogP contribution in [0.5, 0.6) is 0 Å². The lowest BCUT2D eigenvalue weighted by atomic mass is 9.32. The molecule has 2 bridgehead atoms. The van der Waals surface area contributed by atoms with Gasteiger partial charge in [-0.3, -0.25) is 0 Å². The van der Waals surface area contributed by atoms with Crippen molar-refractivity contribution in [2.45, 2.75) is 179 Å². The van der Waals surface area contributed by atoms with E-state index < -0.39 is 91.2 Å². The minimum atomic E-state index is -1.67. The van der Waals surface area contributed by atoms with Crippen LogP contribution in [0.1, 0.15) is 99.8 Å². The van der Waals surface area contributed by atoms with E-state index in [0.717, 1.165) is 38.5 Å². The standard InChI is InChI=1S/C42H68O13/c1-21-28(46)30(48)31(49)34(52-21)55-33-29(47)22(18-43)53-35(32(33)50)54-27-10-11-37(4)23(38(27,5)19-44)8-12-39(6)24(37)9-13-42-25-16-36(2,3)14-15-41(25,20-51-42)26(45)17-40(39,42)7/h9,13,21-35,43-50H,8,10-12,14-20H2,1-7H3/t21-,22-,23?,24?,25?,26?,27?,28?,29?,30+,31?,32?,33?,34?,35?,37?,38+,39?,40?,41?,42?/m1/s1. The molecule has 3 heterocycles. The first kappa shape index (κ1) is 41.0. The lowest BCUT2D eigenvalue weighted by molar-refractivity contribution is -0.368. The lowest BCUT2D eigenvalue weighted by Gasteiger charge is -2.73. The molecule has 17 unspecified atom stereocenters. The van der Waals surface area contributed by atoms with Gasteiger partial charge in [-0.05, 0) is 86.4 Å². The van der Waals surface area contributed by atoms with Gasteiger partial charge in [0.25, 0.3) is 0 Å². The fourth-order valence-electron chi connectivity index (χ4n) is 14.3. The van der Waals surface area contributed by atoms with Crippen molar-refractivity contribution in [3.8, 4) is 0 Å². The van der Waals surface area contributed by atoms with Crippen LogP contribution < -0.4 is 0 Å². The number of rotatable bonds is 6. The van der Waals surface area contributed by atoms with E-state index in [1.807, 2.05) is 6.92 Å². The van der Waals surface area contributed by atoms with Gasteiger partial charge in [0.1, 0.15) is 42.7 Å². The van der Waals surface area contributed by atoms with E-state index in [2.05, 4.69) is 46.8 Å². The largest absolute Gasteiger partial charge is 0.396 e. The predicted octanol–water partition coefficient (Wildman–Crippen LogP) is 1.78. The number of aliphatic hydroxyl groups excluding tert-OH is 8. The number of ether oxygens (including phenoxy) is 5. The molecule has 7 fully saturated rings. The van der Waals surface area contributed by atoms with Crippen molar-refractivity contribution in [1.29, 1.82) is 0 Å². The highest BCUT2D eigenvalue weighted by Crippen LogP contribution is 2.79. The summed E-state index contributed by atoms with van der Waals surface area (Å²) in [5.74, 6) is 0.401. The molecule has 0 aromatic carbocycles. The van der Waals surface area contributed by atoms with Gasteiger partial charge in [-0.1, -0.05) is 53.7 Å². The van der Waals surface area contributed by atoms with Crippen LogP contribution >= 0.6 is 0 Å². The summed E-state index contributed by atoms with van der Waals surface area (Å²) in [5.41, 5.74) is -2.00. The Hall–Kier alpha value is -0.780. The van der Waals surface area contributed by atoms with E-state index in [4.69, 9.17) is 23.7 Å². The highest BCUT2D eigenvalue weighted by Gasteiger charge is 2.79. The number of aliphatic hydroxyl groups is 8. The third-order valence-corrected chi connectivity index (χ3v) is 17.9. The summed E-state index contributed by atoms with van der Waals surface area (Å²) < 4.78 is 31.2. The van der Waals surface area contributed by atoms with Gasteiger partial charge in [-0.15, -0.1) is 0 Å². The van der Waals surface area contributed by atoms with E-state index in [1.165, 1.54) is 6.92 Å². The molecule has 8 rings (SSSR count). The Balaban J connectivity index is 1.06. The Bertz CT molecular complexity index is 1490. The summed E-state index contributed by atoms with van der Waals surface area (Å²) in [4.78, 5) is 0. The maximum atomic E-state index is 12.1. The molecule has 3 aliphatic heterocycles. The average Bonchev–Trinajstić information content (AvgIpc) is 3.41. The molecule has 8 N–H and O–H groups in total. The molecule has 21 atom stereocenters. The van der Waals surface area contributed by atoms with Crippen molar-refractivity contribution in [1.82, 2.24) is 0 Å². The SMILES string of the molecule is C[C@H]1OC(OC2C(O)C(OC3CCC4(C)C5C=CC67OCC8(CCC(C)(C)CC86)C(O)CC7(C)C5(C)CCC4[C@]3(C)CO)O[C@H](CO)C2O)C(O)[C@@H](O)C1O. The molecule has 314 valence electrons.